The fraction of sp³-hybridized carbons (Fsp3) is 0.529. The Hall–Kier alpha value is -2.04. The molecule has 0 bridgehead atoms. The third-order valence-corrected chi connectivity index (χ3v) is 3.32. The largest absolute Gasteiger partial charge is 0.481 e. The minimum absolute atomic E-state index is 0.0136. The summed E-state index contributed by atoms with van der Waals surface area (Å²) in [5.41, 5.74) is 2.18. The summed E-state index contributed by atoms with van der Waals surface area (Å²) in [4.78, 5) is 25.1. The van der Waals surface area contributed by atoms with Crippen LogP contribution in [0.3, 0.4) is 0 Å². The fourth-order valence-corrected chi connectivity index (χ4v) is 2.47. The van der Waals surface area contributed by atoms with Gasteiger partial charge in [-0.15, -0.1) is 0 Å². The third-order valence-electron chi connectivity index (χ3n) is 3.32. The van der Waals surface area contributed by atoms with Crippen molar-refractivity contribution in [2.24, 2.45) is 0 Å². The van der Waals surface area contributed by atoms with Gasteiger partial charge in [0.05, 0.1) is 0 Å². The molecule has 1 N–H and O–H groups in total. The maximum atomic E-state index is 12.6. The van der Waals surface area contributed by atoms with Crippen LogP contribution >= 0.6 is 0 Å². The van der Waals surface area contributed by atoms with Crippen LogP contribution in [-0.4, -0.2) is 41.6 Å². The molecule has 0 heterocycles. The predicted molar refractivity (Wildman–Crippen MR) is 85.5 cm³/mol. The van der Waals surface area contributed by atoms with Crippen molar-refractivity contribution in [1.82, 2.24) is 4.90 Å². The first-order chi connectivity index (χ1) is 10.4. The smallest absolute Gasteiger partial charge is 0.341 e. The van der Waals surface area contributed by atoms with Crippen LogP contribution in [0.4, 0.5) is 0 Å². The lowest BCUT2D eigenvalue weighted by atomic mass is 10.0. The van der Waals surface area contributed by atoms with Crippen molar-refractivity contribution in [3.05, 3.63) is 28.8 Å². The number of hydrogen-bond acceptors (Lipinski definition) is 3. The molecule has 0 atom stereocenters. The van der Waals surface area contributed by atoms with Crippen molar-refractivity contribution in [2.45, 2.75) is 40.5 Å². The van der Waals surface area contributed by atoms with Gasteiger partial charge in [-0.2, -0.15) is 0 Å². The van der Waals surface area contributed by atoms with Crippen LogP contribution in [0.2, 0.25) is 0 Å². The molecule has 0 aliphatic carbocycles. The van der Waals surface area contributed by atoms with Crippen LogP contribution in [0.5, 0.6) is 5.75 Å². The van der Waals surface area contributed by atoms with Crippen LogP contribution < -0.4 is 4.74 Å². The summed E-state index contributed by atoms with van der Waals surface area (Å²) in [5, 5.41) is 8.70. The molecule has 0 aromatic heterocycles. The van der Waals surface area contributed by atoms with E-state index in [1.165, 1.54) is 0 Å². The zero-order chi connectivity index (χ0) is 16.7. The zero-order valence-corrected chi connectivity index (χ0v) is 13.8. The van der Waals surface area contributed by atoms with E-state index in [-0.39, 0.29) is 12.5 Å². The zero-order valence-electron chi connectivity index (χ0n) is 13.8. The molecule has 0 unspecified atom stereocenters. The number of ether oxygens (including phenoxy) is 1. The van der Waals surface area contributed by atoms with Crippen LogP contribution in [0.15, 0.2) is 12.1 Å². The summed E-state index contributed by atoms with van der Waals surface area (Å²) in [6, 6.07) is 3.54. The van der Waals surface area contributed by atoms with E-state index in [0.29, 0.717) is 11.3 Å². The van der Waals surface area contributed by atoms with Crippen molar-refractivity contribution < 1.29 is 19.4 Å². The minimum Gasteiger partial charge on any atom is -0.481 e. The topological polar surface area (TPSA) is 66.8 Å². The van der Waals surface area contributed by atoms with Gasteiger partial charge < -0.3 is 14.7 Å². The normalized spacial score (nSPS) is 10.4. The Balaban J connectivity index is 3.01. The lowest BCUT2D eigenvalue weighted by molar-refractivity contribution is -0.139. The number of amides is 1. The Labute approximate surface area is 131 Å². The number of benzene rings is 1. The molecule has 1 aromatic carbocycles. The van der Waals surface area contributed by atoms with Crippen LogP contribution in [0, 0.1) is 13.8 Å². The van der Waals surface area contributed by atoms with Crippen molar-refractivity contribution in [1.29, 1.82) is 0 Å². The molecule has 0 saturated carbocycles. The number of carbonyl (C=O) groups excluding carboxylic acids is 1. The number of hydrogen-bond donors (Lipinski definition) is 1. The molecular weight excluding hydrogens is 282 g/mol. The Morgan fingerprint density at radius 1 is 1.09 bits per heavy atom. The summed E-state index contributed by atoms with van der Waals surface area (Å²) < 4.78 is 5.29. The molecule has 1 amide bonds. The molecule has 0 aliphatic rings. The van der Waals surface area contributed by atoms with Gasteiger partial charge in [-0.1, -0.05) is 13.8 Å². The summed E-state index contributed by atoms with van der Waals surface area (Å²) >= 11 is 0. The van der Waals surface area contributed by atoms with Crippen molar-refractivity contribution in [3.63, 3.8) is 0 Å². The van der Waals surface area contributed by atoms with E-state index in [0.717, 1.165) is 37.1 Å². The van der Waals surface area contributed by atoms with E-state index in [1.807, 2.05) is 18.7 Å². The number of rotatable bonds is 8. The van der Waals surface area contributed by atoms with Crippen LogP contribution in [0.25, 0.3) is 0 Å². The van der Waals surface area contributed by atoms with Gasteiger partial charge in [-0.25, -0.2) is 4.79 Å². The van der Waals surface area contributed by atoms with Gasteiger partial charge in [0.2, 0.25) is 0 Å². The monoisotopic (exact) mass is 307 g/mol. The molecule has 0 radical (unpaired) electrons. The number of carboxylic acid groups (broad SMARTS) is 1. The maximum absolute atomic E-state index is 12.6. The number of carbonyl (C=O) groups is 2. The van der Waals surface area contributed by atoms with E-state index in [4.69, 9.17) is 9.84 Å². The second kappa shape index (κ2) is 8.41. The molecular formula is C17H25NO4. The lowest BCUT2D eigenvalue weighted by Gasteiger charge is -2.22. The molecule has 0 saturated heterocycles. The predicted octanol–water partition coefficient (Wildman–Crippen LogP) is 3.03. The third kappa shape index (κ3) is 4.76. The highest BCUT2D eigenvalue weighted by atomic mass is 16.5. The van der Waals surface area contributed by atoms with E-state index < -0.39 is 5.97 Å². The average Bonchev–Trinajstić information content (AvgIpc) is 2.45. The van der Waals surface area contributed by atoms with E-state index in [2.05, 4.69) is 13.8 Å². The highest BCUT2D eigenvalue weighted by Gasteiger charge is 2.17. The Kier molecular flexibility index (Phi) is 6.89. The van der Waals surface area contributed by atoms with Gasteiger partial charge in [0, 0.05) is 18.7 Å². The molecule has 1 rings (SSSR count). The van der Waals surface area contributed by atoms with Crippen molar-refractivity contribution in [3.8, 4) is 5.75 Å². The molecule has 5 nitrogen and oxygen atoms in total. The first-order valence-corrected chi connectivity index (χ1v) is 7.65. The van der Waals surface area contributed by atoms with Gasteiger partial charge in [-0.3, -0.25) is 4.79 Å². The Morgan fingerprint density at radius 2 is 1.59 bits per heavy atom. The van der Waals surface area contributed by atoms with Gasteiger partial charge in [0.1, 0.15) is 5.75 Å². The van der Waals surface area contributed by atoms with Gasteiger partial charge in [-0.05, 0) is 49.9 Å². The molecule has 22 heavy (non-hydrogen) atoms. The number of carboxylic acids is 1. The van der Waals surface area contributed by atoms with E-state index in [1.54, 1.807) is 12.1 Å². The first kappa shape index (κ1) is 18.0. The number of nitrogens with zero attached hydrogens (tertiary/aromatic N) is 1. The molecule has 5 heteroatoms. The fourth-order valence-electron chi connectivity index (χ4n) is 2.47. The SMILES string of the molecule is CCCN(CCC)C(=O)c1cc(C)c(OCC(=O)O)c(C)c1. The van der Waals surface area contributed by atoms with Gasteiger partial charge in [0.25, 0.3) is 5.91 Å². The highest BCUT2D eigenvalue weighted by molar-refractivity contribution is 5.95. The standard InChI is InChI=1S/C17H25NO4/c1-5-7-18(8-6-2)17(21)14-9-12(3)16(13(4)10-14)22-11-15(19)20/h9-10H,5-8,11H2,1-4H3,(H,19,20). The van der Waals surface area contributed by atoms with E-state index >= 15 is 0 Å². The second-order valence-corrected chi connectivity index (χ2v) is 5.41. The molecule has 122 valence electrons. The van der Waals surface area contributed by atoms with Gasteiger partial charge in [0.15, 0.2) is 6.61 Å². The first-order valence-electron chi connectivity index (χ1n) is 7.65. The summed E-state index contributed by atoms with van der Waals surface area (Å²) in [5.74, 6) is -0.466. The molecule has 0 fully saturated rings. The minimum atomic E-state index is -1.02. The maximum Gasteiger partial charge on any atom is 0.341 e. The molecule has 0 aliphatic heterocycles. The quantitative estimate of drug-likeness (QED) is 0.801. The summed E-state index contributed by atoms with van der Waals surface area (Å²) in [6.07, 6.45) is 1.84. The summed E-state index contributed by atoms with van der Waals surface area (Å²) in [6.45, 7) is 8.84. The Morgan fingerprint density at radius 3 is 2.00 bits per heavy atom. The second-order valence-electron chi connectivity index (χ2n) is 5.41. The van der Waals surface area contributed by atoms with Crippen molar-refractivity contribution in [2.75, 3.05) is 19.7 Å². The lowest BCUT2D eigenvalue weighted by Crippen LogP contribution is -2.32. The van der Waals surface area contributed by atoms with E-state index in [9.17, 15) is 9.59 Å². The Bertz CT molecular complexity index is 510. The van der Waals surface area contributed by atoms with Crippen LogP contribution in [0.1, 0.15) is 48.2 Å². The van der Waals surface area contributed by atoms with Crippen LogP contribution in [-0.2, 0) is 4.79 Å². The number of aliphatic carboxylic acids is 1. The number of aryl methyl sites for hydroxylation is 2. The van der Waals surface area contributed by atoms with Crippen molar-refractivity contribution >= 4 is 11.9 Å². The average molecular weight is 307 g/mol. The molecule has 0 spiro atoms. The van der Waals surface area contributed by atoms with Gasteiger partial charge >= 0.3 is 5.97 Å². The summed E-state index contributed by atoms with van der Waals surface area (Å²) in [7, 11) is 0. The molecule has 1 aromatic rings. The highest BCUT2D eigenvalue weighted by Crippen LogP contribution is 2.25.